The minimum absolute atomic E-state index is 0.201. The molecule has 2 aromatic rings. The van der Waals surface area contributed by atoms with Crippen LogP contribution in [0.25, 0.3) is 0 Å². The van der Waals surface area contributed by atoms with Crippen LogP contribution in [0, 0.1) is 0 Å². The topological polar surface area (TPSA) is 38.3 Å². The van der Waals surface area contributed by atoms with Crippen molar-refractivity contribution in [3.8, 4) is 5.75 Å². The number of hydrogen-bond acceptors (Lipinski definition) is 2. The van der Waals surface area contributed by atoms with Gasteiger partial charge in [0, 0.05) is 10.0 Å². The van der Waals surface area contributed by atoms with Gasteiger partial charge in [-0.2, -0.15) is 0 Å². The Hall–Kier alpha value is -1.71. The summed E-state index contributed by atoms with van der Waals surface area (Å²) in [7, 11) is 0. The van der Waals surface area contributed by atoms with E-state index >= 15 is 0 Å². The molecule has 1 N–H and O–H groups in total. The predicted octanol–water partition coefficient (Wildman–Crippen LogP) is 5.20. The van der Waals surface area contributed by atoms with E-state index in [1.807, 2.05) is 37.3 Å². The Kier molecular flexibility index (Phi) is 6.52. The van der Waals surface area contributed by atoms with Crippen molar-refractivity contribution in [2.45, 2.75) is 39.3 Å². The number of benzene rings is 2. The quantitative estimate of drug-likeness (QED) is 0.763. The zero-order valence-corrected chi connectivity index (χ0v) is 15.5. The minimum atomic E-state index is -0.606. The molecule has 0 aliphatic heterocycles. The molecule has 0 saturated carbocycles. The predicted molar refractivity (Wildman–Crippen MR) is 98.9 cm³/mol. The molecule has 5 heteroatoms. The van der Waals surface area contributed by atoms with E-state index in [1.54, 1.807) is 19.1 Å². The first-order valence-electron chi connectivity index (χ1n) is 7.91. The van der Waals surface area contributed by atoms with Crippen LogP contribution in [-0.4, -0.2) is 12.0 Å². The van der Waals surface area contributed by atoms with Crippen LogP contribution in [0.3, 0.4) is 0 Å². The number of carbonyl (C=O) groups excluding carboxylic acids is 1. The molecule has 128 valence electrons. The van der Waals surface area contributed by atoms with Gasteiger partial charge in [-0.05, 0) is 55.7 Å². The van der Waals surface area contributed by atoms with Crippen LogP contribution in [0.2, 0.25) is 10.0 Å². The Morgan fingerprint density at radius 2 is 1.79 bits per heavy atom. The molecule has 0 unspecified atom stereocenters. The molecular formula is C19H21Cl2NO2. The molecule has 0 saturated heterocycles. The van der Waals surface area contributed by atoms with Gasteiger partial charge in [0.2, 0.25) is 0 Å². The zero-order valence-electron chi connectivity index (χ0n) is 14.0. The number of hydrogen-bond donors (Lipinski definition) is 1. The Bertz CT molecular complexity index is 701. The van der Waals surface area contributed by atoms with E-state index in [2.05, 4.69) is 12.2 Å². The van der Waals surface area contributed by atoms with Gasteiger partial charge in [-0.1, -0.05) is 48.3 Å². The van der Waals surface area contributed by atoms with E-state index in [-0.39, 0.29) is 11.9 Å². The van der Waals surface area contributed by atoms with Gasteiger partial charge in [0.25, 0.3) is 5.91 Å². The number of halogens is 2. The van der Waals surface area contributed by atoms with Crippen LogP contribution in [0.15, 0.2) is 42.5 Å². The average molecular weight is 366 g/mol. The summed E-state index contributed by atoms with van der Waals surface area (Å²) in [6, 6.07) is 12.7. The third-order valence-electron chi connectivity index (χ3n) is 3.80. The standard InChI is InChI=1S/C19H21Cl2NO2/c1-4-14-5-8-16(9-6-14)24-13(3)19(23)22-12(2)17-10-7-15(20)11-18(17)21/h5-13H,4H2,1-3H3,(H,22,23)/t12-,13+/m0/s1. The second kappa shape index (κ2) is 8.41. The maximum Gasteiger partial charge on any atom is 0.261 e. The van der Waals surface area contributed by atoms with Crippen molar-refractivity contribution < 1.29 is 9.53 Å². The van der Waals surface area contributed by atoms with Gasteiger partial charge < -0.3 is 10.1 Å². The first-order valence-corrected chi connectivity index (χ1v) is 8.67. The molecule has 2 atom stereocenters. The smallest absolute Gasteiger partial charge is 0.261 e. The van der Waals surface area contributed by atoms with Crippen molar-refractivity contribution in [1.29, 1.82) is 0 Å². The van der Waals surface area contributed by atoms with Gasteiger partial charge in [0.15, 0.2) is 6.10 Å². The first kappa shape index (κ1) is 18.6. The molecule has 0 radical (unpaired) electrons. The van der Waals surface area contributed by atoms with E-state index in [9.17, 15) is 4.79 Å². The highest BCUT2D eigenvalue weighted by atomic mass is 35.5. The highest BCUT2D eigenvalue weighted by Crippen LogP contribution is 2.26. The maximum atomic E-state index is 12.3. The third kappa shape index (κ3) is 4.89. The second-order valence-electron chi connectivity index (χ2n) is 5.65. The lowest BCUT2D eigenvalue weighted by Crippen LogP contribution is -2.37. The van der Waals surface area contributed by atoms with E-state index in [4.69, 9.17) is 27.9 Å². The van der Waals surface area contributed by atoms with E-state index in [0.717, 1.165) is 12.0 Å². The molecule has 3 nitrogen and oxygen atoms in total. The fourth-order valence-electron chi connectivity index (χ4n) is 2.32. The third-order valence-corrected chi connectivity index (χ3v) is 4.36. The summed E-state index contributed by atoms with van der Waals surface area (Å²) < 4.78 is 5.70. The van der Waals surface area contributed by atoms with Gasteiger partial charge in [0.05, 0.1) is 6.04 Å². The Balaban J connectivity index is 1.97. The van der Waals surface area contributed by atoms with Crippen molar-refractivity contribution in [2.75, 3.05) is 0 Å². The maximum absolute atomic E-state index is 12.3. The normalized spacial score (nSPS) is 13.2. The number of aryl methyl sites for hydroxylation is 1. The molecule has 0 aliphatic rings. The van der Waals surface area contributed by atoms with Crippen LogP contribution in [0.1, 0.15) is 37.9 Å². The molecule has 0 aliphatic carbocycles. The Morgan fingerprint density at radius 1 is 1.12 bits per heavy atom. The van der Waals surface area contributed by atoms with Crippen molar-refractivity contribution in [1.82, 2.24) is 5.32 Å². The first-order chi connectivity index (χ1) is 11.4. The SMILES string of the molecule is CCc1ccc(O[C@H](C)C(=O)N[C@@H](C)c2ccc(Cl)cc2Cl)cc1. The monoisotopic (exact) mass is 365 g/mol. The summed E-state index contributed by atoms with van der Waals surface area (Å²) in [5, 5.41) is 4.00. The van der Waals surface area contributed by atoms with Crippen LogP contribution in [-0.2, 0) is 11.2 Å². The van der Waals surface area contributed by atoms with Crippen LogP contribution >= 0.6 is 23.2 Å². The van der Waals surface area contributed by atoms with E-state index in [1.165, 1.54) is 5.56 Å². The van der Waals surface area contributed by atoms with Gasteiger partial charge >= 0.3 is 0 Å². The molecule has 0 aromatic heterocycles. The summed E-state index contributed by atoms with van der Waals surface area (Å²) in [5.41, 5.74) is 2.04. The lowest BCUT2D eigenvalue weighted by Gasteiger charge is -2.20. The molecule has 2 rings (SSSR count). The van der Waals surface area contributed by atoms with Crippen molar-refractivity contribution in [3.05, 3.63) is 63.6 Å². The molecule has 1 amide bonds. The fraction of sp³-hybridized carbons (Fsp3) is 0.316. The number of carbonyl (C=O) groups is 1. The molecular weight excluding hydrogens is 345 g/mol. The molecule has 0 spiro atoms. The number of rotatable bonds is 6. The van der Waals surface area contributed by atoms with E-state index in [0.29, 0.717) is 15.8 Å². The van der Waals surface area contributed by atoms with Gasteiger partial charge in [-0.15, -0.1) is 0 Å². The van der Waals surface area contributed by atoms with Crippen LogP contribution in [0.5, 0.6) is 5.75 Å². The summed E-state index contributed by atoms with van der Waals surface area (Å²) in [6.07, 6.45) is 0.362. The van der Waals surface area contributed by atoms with Gasteiger partial charge in [0.1, 0.15) is 5.75 Å². The van der Waals surface area contributed by atoms with Crippen molar-refractivity contribution >= 4 is 29.1 Å². The average Bonchev–Trinajstić information content (AvgIpc) is 2.55. The molecule has 0 fully saturated rings. The largest absolute Gasteiger partial charge is 0.481 e. The zero-order chi connectivity index (χ0) is 17.7. The summed E-state index contributed by atoms with van der Waals surface area (Å²) in [6.45, 7) is 5.68. The number of nitrogens with one attached hydrogen (secondary N) is 1. The van der Waals surface area contributed by atoms with Gasteiger partial charge in [-0.3, -0.25) is 4.79 Å². The molecule has 0 heterocycles. The van der Waals surface area contributed by atoms with Crippen LogP contribution < -0.4 is 10.1 Å². The molecule has 2 aromatic carbocycles. The van der Waals surface area contributed by atoms with Crippen LogP contribution in [0.4, 0.5) is 0 Å². The lowest BCUT2D eigenvalue weighted by molar-refractivity contribution is -0.127. The van der Waals surface area contributed by atoms with Crippen molar-refractivity contribution in [3.63, 3.8) is 0 Å². The summed E-state index contributed by atoms with van der Waals surface area (Å²) in [5.74, 6) is 0.472. The fourth-order valence-corrected chi connectivity index (χ4v) is 2.89. The second-order valence-corrected chi connectivity index (χ2v) is 6.50. The summed E-state index contributed by atoms with van der Waals surface area (Å²) >= 11 is 12.1. The van der Waals surface area contributed by atoms with E-state index < -0.39 is 6.10 Å². The lowest BCUT2D eigenvalue weighted by atomic mass is 10.1. The Labute approximate surface area is 152 Å². The highest BCUT2D eigenvalue weighted by Gasteiger charge is 2.19. The number of amides is 1. The summed E-state index contributed by atoms with van der Waals surface area (Å²) in [4.78, 5) is 12.3. The van der Waals surface area contributed by atoms with Gasteiger partial charge in [-0.25, -0.2) is 0 Å². The minimum Gasteiger partial charge on any atom is -0.481 e. The van der Waals surface area contributed by atoms with Crippen molar-refractivity contribution in [2.24, 2.45) is 0 Å². The molecule has 24 heavy (non-hydrogen) atoms. The Morgan fingerprint density at radius 3 is 2.38 bits per heavy atom. The molecule has 0 bridgehead atoms. The number of ether oxygens (including phenoxy) is 1. The highest BCUT2D eigenvalue weighted by molar-refractivity contribution is 6.35.